The third-order valence-corrected chi connectivity index (χ3v) is 8.55. The van der Waals surface area contributed by atoms with Crippen molar-refractivity contribution >= 4 is 0 Å². The van der Waals surface area contributed by atoms with Crippen molar-refractivity contribution < 1.29 is 29.5 Å². The molecule has 0 aromatic carbocycles. The Morgan fingerprint density at radius 3 is 0.929 bits per heavy atom. The number of rotatable bonds is 6. The summed E-state index contributed by atoms with van der Waals surface area (Å²) in [7, 11) is 17.6. The van der Waals surface area contributed by atoms with E-state index in [4.69, 9.17) is 24.8 Å². The minimum Gasteiger partial charge on any atom is -0.468 e. The molecule has 0 spiro atoms. The van der Waals surface area contributed by atoms with Crippen LogP contribution in [0, 0.1) is 0 Å². The van der Waals surface area contributed by atoms with E-state index in [1.807, 2.05) is 4.98 Å². The van der Waals surface area contributed by atoms with E-state index in [0.29, 0.717) is 0 Å². The third kappa shape index (κ3) is 15.0. The molecule has 0 atom stereocenters. The maximum atomic E-state index is 11.1. The third-order valence-electron chi connectivity index (χ3n) is 8.55. The fraction of sp³-hybridized carbons (Fsp3) is 0.471. The molecule has 6 heterocycles. The Balaban J connectivity index is 0.000000420. The Labute approximate surface area is 387 Å². The number of hydrogen-bond acceptors (Lipinski definition) is 24. The van der Waals surface area contributed by atoms with Crippen molar-refractivity contribution in [2.75, 3.05) is 21.3 Å². The van der Waals surface area contributed by atoms with Crippen molar-refractivity contribution in [3.63, 3.8) is 0 Å². The summed E-state index contributed by atoms with van der Waals surface area (Å²) in [6.07, 6.45) is 0. The highest BCUT2D eigenvalue weighted by Crippen LogP contribution is 2.00. The molecular weight excluding hydrogens is 948 g/mol. The van der Waals surface area contributed by atoms with Gasteiger partial charge in [0.2, 0.25) is 0 Å². The molecule has 36 heteroatoms. The summed E-state index contributed by atoms with van der Waals surface area (Å²) in [5, 5.41) is 25.9. The van der Waals surface area contributed by atoms with E-state index in [0.717, 1.165) is 45.7 Å². The molecule has 0 aliphatic rings. The van der Waals surface area contributed by atoms with E-state index in [1.54, 1.807) is 0 Å². The molecule has 0 aliphatic carbocycles. The van der Waals surface area contributed by atoms with E-state index in [1.165, 1.54) is 91.8 Å². The van der Waals surface area contributed by atoms with Gasteiger partial charge in [0.25, 0.3) is 0 Å². The summed E-state index contributed by atoms with van der Waals surface area (Å²) in [4.78, 5) is 157. The molecule has 0 bridgehead atoms. The van der Waals surface area contributed by atoms with Gasteiger partial charge < -0.3 is 29.5 Å². The number of H-pyrrole nitrogens is 2. The van der Waals surface area contributed by atoms with Gasteiger partial charge in [-0.3, -0.25) is 9.97 Å². The van der Waals surface area contributed by atoms with E-state index in [-0.39, 0.29) is 55.3 Å². The zero-order valence-corrected chi connectivity index (χ0v) is 39.7. The van der Waals surface area contributed by atoms with Crippen LogP contribution in [-0.2, 0) is 90.3 Å². The number of aromatic amines is 2. The summed E-state index contributed by atoms with van der Waals surface area (Å²) >= 11 is 0. The number of ether oxygens (including phenoxy) is 3. The van der Waals surface area contributed by atoms with Crippen LogP contribution in [0.1, 0.15) is 17.5 Å². The van der Waals surface area contributed by atoms with Gasteiger partial charge in [0, 0.05) is 70.5 Å². The lowest BCUT2D eigenvalue weighted by molar-refractivity contribution is 0.263. The van der Waals surface area contributed by atoms with Gasteiger partial charge in [0.1, 0.15) is 25.6 Å². The van der Waals surface area contributed by atoms with Crippen LogP contribution < -0.4 is 82.5 Å². The molecule has 0 saturated carbocycles. The number of methoxy groups -OCH3 is 3. The molecule has 70 heavy (non-hydrogen) atoms. The lowest BCUT2D eigenvalue weighted by Crippen LogP contribution is -2.51. The fourth-order valence-corrected chi connectivity index (χ4v) is 4.53. The van der Waals surface area contributed by atoms with Gasteiger partial charge in [0.15, 0.2) is 11.6 Å². The molecule has 5 N–H and O–H groups in total. The van der Waals surface area contributed by atoms with Crippen LogP contribution >= 0.6 is 0 Å². The lowest BCUT2D eigenvalue weighted by Gasteiger charge is -2.04. The van der Waals surface area contributed by atoms with E-state index >= 15 is 0 Å². The summed E-state index contributed by atoms with van der Waals surface area (Å²) < 4.78 is 23.3. The van der Waals surface area contributed by atoms with E-state index in [2.05, 4.69) is 39.6 Å². The van der Waals surface area contributed by atoms with Crippen LogP contribution in [0.5, 0.6) is 18.0 Å². The Bertz CT molecular complexity index is 3120. The van der Waals surface area contributed by atoms with Gasteiger partial charge in [-0.1, -0.05) is 0 Å². The number of hydrogen-bond donors (Lipinski definition) is 5. The monoisotopic (exact) mass is 998 g/mol. The number of nitrogens with zero attached hydrogens (tertiary/aromatic N) is 16. The molecule has 0 unspecified atom stereocenters. The van der Waals surface area contributed by atoms with Crippen molar-refractivity contribution in [2.24, 2.45) is 70.5 Å². The van der Waals surface area contributed by atoms with Gasteiger partial charge in [-0.25, -0.2) is 103 Å². The van der Waals surface area contributed by atoms with Crippen molar-refractivity contribution in [2.45, 2.75) is 19.8 Å². The minimum atomic E-state index is -0.696. The zero-order chi connectivity index (χ0) is 54.1. The predicted molar refractivity (Wildman–Crippen MR) is 236 cm³/mol. The first kappa shape index (κ1) is 59.0. The Kier molecular flexibility index (Phi) is 22.2. The number of nitrogens with one attached hydrogen (secondary N) is 2. The number of aliphatic hydroxyl groups is 3. The van der Waals surface area contributed by atoms with Gasteiger partial charge in [-0.05, 0) is 0 Å². The van der Waals surface area contributed by atoms with Crippen LogP contribution in [0.25, 0.3) is 0 Å². The number of aliphatic hydroxyl groups excluding tert-OH is 3. The first-order valence-electron chi connectivity index (χ1n) is 18.9. The van der Waals surface area contributed by atoms with Crippen LogP contribution in [-0.4, -0.2) is 122 Å². The fourth-order valence-electron chi connectivity index (χ4n) is 4.53. The highest BCUT2D eigenvalue weighted by Gasteiger charge is 2.09. The first-order valence-corrected chi connectivity index (χ1v) is 18.9. The van der Waals surface area contributed by atoms with Gasteiger partial charge in [-0.15, -0.1) is 4.98 Å². The maximum Gasteiger partial charge on any atom is 0.353 e. The largest absolute Gasteiger partial charge is 0.468 e. The van der Waals surface area contributed by atoms with Crippen LogP contribution in [0.3, 0.4) is 0 Å². The summed E-state index contributed by atoms with van der Waals surface area (Å²) in [5.74, 6) is 0.270. The molecule has 0 saturated heterocycles. The molecule has 6 aromatic rings. The summed E-state index contributed by atoms with van der Waals surface area (Å²) in [5.41, 5.74) is -7.24. The lowest BCUT2D eigenvalue weighted by atomic mass is 10.6. The van der Waals surface area contributed by atoms with Crippen molar-refractivity contribution in [3.05, 3.63) is 143 Å². The average Bonchev–Trinajstić information content (AvgIpc) is 3.35. The van der Waals surface area contributed by atoms with E-state index < -0.39 is 68.3 Å². The minimum absolute atomic E-state index is 0.0437. The van der Waals surface area contributed by atoms with Crippen molar-refractivity contribution in [1.29, 1.82) is 0 Å². The highest BCUT2D eigenvalue weighted by atomic mass is 16.5. The standard InChI is InChI=1S/4C6H9N3O3.2C5H7N3O3/c2*1-7-4(10)8(2)6(12)9(3)5(7)11;2*1-9-5(11)7-4(3-10)8-6(9)12-2;1-7-3(9)6-4(10)8(2)5(7)11;1-11-5-7-3(2-9)6-4(10)8-5/h2*1-3H3;2*10H,3H2,1-2H3;1-2H3,(H,6,9,10);9H,2H2,1H3,(H,6,7,8,10). The summed E-state index contributed by atoms with van der Waals surface area (Å²) in [6.45, 7) is -1.08. The second-order valence-electron chi connectivity index (χ2n) is 13.2. The molecule has 6 rings (SSSR count). The van der Waals surface area contributed by atoms with Crippen LogP contribution in [0.15, 0.2) is 57.5 Å². The topological polar surface area (TPSA) is 451 Å². The molecule has 0 aliphatic heterocycles. The Hall–Kier alpha value is -9.06. The normalized spacial score (nSPS) is 10.0. The molecule has 0 amide bonds. The highest BCUT2D eigenvalue weighted by molar-refractivity contribution is 4.98. The Morgan fingerprint density at radius 1 is 0.371 bits per heavy atom. The van der Waals surface area contributed by atoms with E-state index in [9.17, 15) is 57.5 Å². The summed E-state index contributed by atoms with van der Waals surface area (Å²) in [6, 6.07) is 0.232. The molecular formula is C34H50N18O18. The smallest absolute Gasteiger partial charge is 0.353 e. The molecule has 0 radical (unpaired) electrons. The second-order valence-corrected chi connectivity index (χ2v) is 13.2. The van der Waals surface area contributed by atoms with Gasteiger partial charge >= 0.3 is 86.3 Å². The molecule has 6 aromatic heterocycles. The van der Waals surface area contributed by atoms with Crippen molar-refractivity contribution in [3.8, 4) is 18.0 Å². The SMILES string of the molecule is COc1nc(CO)[nH]c(=O)n1.COc1nc(CO)nc(=O)n1C.COc1nc(CO)nc(=O)n1C.Cn1c(=O)[nH]c(=O)n(C)c1=O.Cn1c(=O)n(C)c(=O)n(C)c1=O.Cn1c(=O)n(C)c(=O)n(C)c1=O. The second kappa shape index (κ2) is 26.3. The zero-order valence-electron chi connectivity index (χ0n) is 39.7. The molecule has 384 valence electrons. The molecule has 0 fully saturated rings. The van der Waals surface area contributed by atoms with Crippen LogP contribution in [0.4, 0.5) is 0 Å². The Morgan fingerprint density at radius 2 is 0.671 bits per heavy atom. The first-order chi connectivity index (χ1) is 32.6. The van der Waals surface area contributed by atoms with Gasteiger partial charge in [0.05, 0.1) is 21.3 Å². The number of aromatic nitrogens is 18. The molecule has 36 nitrogen and oxygen atoms in total. The van der Waals surface area contributed by atoms with Crippen LogP contribution in [0.2, 0.25) is 0 Å². The predicted octanol–water partition coefficient (Wildman–Crippen LogP) is -10.6. The quantitative estimate of drug-likeness (QED) is 0.103. The average molecular weight is 999 g/mol. The van der Waals surface area contributed by atoms with Gasteiger partial charge in [-0.2, -0.15) is 24.9 Å². The maximum absolute atomic E-state index is 11.1. The van der Waals surface area contributed by atoms with Crippen molar-refractivity contribution in [1.82, 2.24) is 85.5 Å².